The van der Waals surface area contributed by atoms with Crippen molar-refractivity contribution in [2.24, 2.45) is 0 Å². The number of carbonyl (C=O) groups is 2. The molecule has 1 amide bonds. The fourth-order valence-corrected chi connectivity index (χ4v) is 4.87. The van der Waals surface area contributed by atoms with Crippen LogP contribution in [0, 0.1) is 0 Å². The molecule has 2 heterocycles. The zero-order valence-corrected chi connectivity index (χ0v) is 15.2. The van der Waals surface area contributed by atoms with E-state index in [2.05, 4.69) is 5.16 Å². The first-order valence-electron chi connectivity index (χ1n) is 8.38. The van der Waals surface area contributed by atoms with Gasteiger partial charge in [0.25, 0.3) is 5.91 Å². The third-order valence-electron chi connectivity index (χ3n) is 4.43. The second kappa shape index (κ2) is 7.45. The van der Waals surface area contributed by atoms with Crippen LogP contribution in [0.4, 0.5) is 0 Å². The Morgan fingerprint density at radius 1 is 1.35 bits per heavy atom. The summed E-state index contributed by atoms with van der Waals surface area (Å²) in [5.74, 6) is -0.938. The molecule has 2 aromatic rings. The van der Waals surface area contributed by atoms with E-state index in [1.165, 1.54) is 4.90 Å². The molecule has 1 aromatic carbocycles. The number of nitrogens with zero attached hydrogens (tertiary/aromatic N) is 2. The molecule has 8 nitrogen and oxygen atoms in total. The molecule has 0 bridgehead atoms. The maximum Gasteiger partial charge on any atom is 0.312 e. The van der Waals surface area contributed by atoms with Crippen LogP contribution >= 0.6 is 0 Å². The smallest absolute Gasteiger partial charge is 0.312 e. The Bertz CT molecular complexity index is 920. The van der Waals surface area contributed by atoms with Gasteiger partial charge in [-0.1, -0.05) is 17.3 Å². The molecule has 3 rings (SSSR count). The number of rotatable bonds is 6. The van der Waals surface area contributed by atoms with Gasteiger partial charge in [0.1, 0.15) is 5.69 Å². The van der Waals surface area contributed by atoms with Crippen LogP contribution in [-0.2, 0) is 30.6 Å². The summed E-state index contributed by atoms with van der Waals surface area (Å²) in [6.07, 6.45) is 0.314. The second-order valence-electron chi connectivity index (χ2n) is 6.20. The Labute approximate surface area is 151 Å². The van der Waals surface area contributed by atoms with Gasteiger partial charge >= 0.3 is 5.97 Å². The van der Waals surface area contributed by atoms with E-state index in [1.807, 2.05) is 6.07 Å². The molecule has 1 aromatic heterocycles. The van der Waals surface area contributed by atoms with Crippen molar-refractivity contribution in [1.29, 1.82) is 0 Å². The van der Waals surface area contributed by atoms with Crippen LogP contribution in [0.5, 0.6) is 0 Å². The van der Waals surface area contributed by atoms with E-state index in [9.17, 15) is 18.0 Å². The highest BCUT2D eigenvalue weighted by Gasteiger charge is 2.34. The van der Waals surface area contributed by atoms with Crippen molar-refractivity contribution in [2.45, 2.75) is 25.8 Å². The number of benzene rings is 1. The lowest BCUT2D eigenvalue weighted by atomic mass is 10.2. The lowest BCUT2D eigenvalue weighted by Crippen LogP contribution is -2.43. The molecule has 0 aliphatic carbocycles. The summed E-state index contributed by atoms with van der Waals surface area (Å²) >= 11 is 0. The Morgan fingerprint density at radius 2 is 2.12 bits per heavy atom. The van der Waals surface area contributed by atoms with Gasteiger partial charge in [0.2, 0.25) is 0 Å². The van der Waals surface area contributed by atoms with E-state index in [4.69, 9.17) is 9.26 Å². The van der Waals surface area contributed by atoms with E-state index in [1.54, 1.807) is 25.1 Å². The van der Waals surface area contributed by atoms with E-state index in [0.29, 0.717) is 24.2 Å². The minimum Gasteiger partial charge on any atom is -0.455 e. The van der Waals surface area contributed by atoms with E-state index >= 15 is 0 Å². The number of fused-ring (bicyclic) bond motifs is 1. The zero-order valence-electron chi connectivity index (χ0n) is 14.4. The van der Waals surface area contributed by atoms with Gasteiger partial charge in [-0.2, -0.15) is 0 Å². The van der Waals surface area contributed by atoms with Gasteiger partial charge in [-0.3, -0.25) is 9.59 Å². The van der Waals surface area contributed by atoms with E-state index in [-0.39, 0.29) is 24.0 Å². The fraction of sp³-hybridized carbons (Fsp3) is 0.471. The molecule has 26 heavy (non-hydrogen) atoms. The van der Waals surface area contributed by atoms with Crippen LogP contribution in [0.1, 0.15) is 19.0 Å². The number of esters is 1. The van der Waals surface area contributed by atoms with Crippen molar-refractivity contribution in [3.63, 3.8) is 0 Å². The molecule has 1 fully saturated rings. The highest BCUT2D eigenvalue weighted by atomic mass is 32.2. The Morgan fingerprint density at radius 3 is 2.81 bits per heavy atom. The number of amides is 1. The maximum absolute atomic E-state index is 12.3. The molecule has 0 saturated carbocycles. The van der Waals surface area contributed by atoms with Gasteiger partial charge in [0.05, 0.1) is 17.9 Å². The van der Waals surface area contributed by atoms with E-state index in [0.717, 1.165) is 5.39 Å². The summed E-state index contributed by atoms with van der Waals surface area (Å²) in [6, 6.07) is 6.80. The predicted molar refractivity (Wildman–Crippen MR) is 93.1 cm³/mol. The summed E-state index contributed by atoms with van der Waals surface area (Å²) in [7, 11) is -3.09. The molecule has 1 aliphatic heterocycles. The number of likely N-dealkylation sites (N-methyl/N-ethyl adjacent to an activating group) is 1. The summed E-state index contributed by atoms with van der Waals surface area (Å²) in [6.45, 7) is 1.72. The van der Waals surface area contributed by atoms with Crippen molar-refractivity contribution in [3.8, 4) is 0 Å². The third-order valence-corrected chi connectivity index (χ3v) is 6.18. The average Bonchev–Trinajstić information content (AvgIpc) is 3.17. The maximum atomic E-state index is 12.3. The molecule has 140 valence electrons. The van der Waals surface area contributed by atoms with Crippen LogP contribution in [0.2, 0.25) is 0 Å². The number of hydrogen-bond acceptors (Lipinski definition) is 7. The molecule has 1 saturated heterocycles. The van der Waals surface area contributed by atoms with Gasteiger partial charge in [-0.25, -0.2) is 8.42 Å². The SMILES string of the molecule is CCN(C(=O)COC(=O)Cc1noc2ccccc12)[C@H]1CCS(=O)(=O)C1. The Hall–Kier alpha value is -2.42. The molecular weight excluding hydrogens is 360 g/mol. The first-order valence-corrected chi connectivity index (χ1v) is 10.2. The molecule has 0 radical (unpaired) electrons. The number of para-hydroxylation sites is 1. The number of sulfone groups is 1. The van der Waals surface area contributed by atoms with Crippen molar-refractivity contribution >= 4 is 32.7 Å². The first kappa shape index (κ1) is 18.4. The largest absolute Gasteiger partial charge is 0.455 e. The standard InChI is InChI=1S/C17H20N2O6S/c1-2-19(12-7-8-26(22,23)11-12)16(20)10-24-17(21)9-14-13-5-3-4-6-15(13)25-18-14/h3-6,12H,2,7-11H2,1H3/t12-/m0/s1. The van der Waals surface area contributed by atoms with Crippen LogP contribution in [0.15, 0.2) is 28.8 Å². The highest BCUT2D eigenvalue weighted by Crippen LogP contribution is 2.19. The number of aromatic nitrogens is 1. The minimum absolute atomic E-state index is 0.0363. The summed E-state index contributed by atoms with van der Waals surface area (Å²) in [4.78, 5) is 25.8. The van der Waals surface area contributed by atoms with Crippen LogP contribution in [-0.4, -0.2) is 61.1 Å². The number of hydrogen-bond donors (Lipinski definition) is 0. The van der Waals surface area contributed by atoms with Crippen LogP contribution in [0.3, 0.4) is 0 Å². The lowest BCUT2D eigenvalue weighted by molar-refractivity contribution is -0.152. The number of carbonyl (C=O) groups excluding carboxylic acids is 2. The minimum atomic E-state index is -3.09. The lowest BCUT2D eigenvalue weighted by Gasteiger charge is -2.26. The first-order chi connectivity index (χ1) is 12.4. The van der Waals surface area contributed by atoms with Gasteiger partial charge in [0, 0.05) is 18.0 Å². The quantitative estimate of drug-likeness (QED) is 0.687. The Balaban J connectivity index is 1.55. The molecule has 9 heteroatoms. The predicted octanol–water partition coefficient (Wildman–Crippen LogP) is 0.949. The molecule has 0 spiro atoms. The molecule has 0 N–H and O–H groups in total. The summed E-state index contributed by atoms with van der Waals surface area (Å²) in [5.41, 5.74) is 1.03. The fourth-order valence-electron chi connectivity index (χ4n) is 3.14. The van der Waals surface area contributed by atoms with Crippen LogP contribution in [0.25, 0.3) is 11.0 Å². The second-order valence-corrected chi connectivity index (χ2v) is 8.43. The highest BCUT2D eigenvalue weighted by molar-refractivity contribution is 7.91. The zero-order chi connectivity index (χ0) is 18.7. The van der Waals surface area contributed by atoms with Gasteiger partial charge in [0.15, 0.2) is 22.0 Å². The molecule has 1 aliphatic rings. The Kier molecular flexibility index (Phi) is 5.26. The van der Waals surface area contributed by atoms with Gasteiger partial charge in [-0.05, 0) is 25.5 Å². The third kappa shape index (κ3) is 4.04. The topological polar surface area (TPSA) is 107 Å². The van der Waals surface area contributed by atoms with Crippen molar-refractivity contribution < 1.29 is 27.3 Å². The van der Waals surface area contributed by atoms with Crippen LogP contribution < -0.4 is 0 Å². The average molecular weight is 380 g/mol. The monoisotopic (exact) mass is 380 g/mol. The van der Waals surface area contributed by atoms with E-state index < -0.39 is 28.3 Å². The van der Waals surface area contributed by atoms with Gasteiger partial charge in [-0.15, -0.1) is 0 Å². The molecule has 1 atom stereocenters. The number of ether oxygens (including phenoxy) is 1. The van der Waals surface area contributed by atoms with Gasteiger partial charge < -0.3 is 14.2 Å². The van der Waals surface area contributed by atoms with Crippen molar-refractivity contribution in [2.75, 3.05) is 24.7 Å². The molecular formula is C17H20N2O6S. The summed E-state index contributed by atoms with van der Waals surface area (Å²) in [5, 5.41) is 4.58. The van der Waals surface area contributed by atoms with Crippen molar-refractivity contribution in [1.82, 2.24) is 10.1 Å². The van der Waals surface area contributed by atoms with Crippen molar-refractivity contribution in [3.05, 3.63) is 30.0 Å². The molecule has 0 unspecified atom stereocenters. The summed E-state index contributed by atoms with van der Waals surface area (Å²) < 4.78 is 33.4. The normalized spacial score (nSPS) is 18.7.